The lowest BCUT2D eigenvalue weighted by Gasteiger charge is -2.19. The van der Waals surface area contributed by atoms with Crippen LogP contribution in [0.25, 0.3) is 0 Å². The van der Waals surface area contributed by atoms with Gasteiger partial charge in [-0.3, -0.25) is 4.79 Å². The minimum absolute atomic E-state index is 0.199. The summed E-state index contributed by atoms with van der Waals surface area (Å²) >= 11 is 0. The first kappa shape index (κ1) is 10.5. The zero-order valence-corrected chi connectivity index (χ0v) is 8.62. The third-order valence-corrected chi connectivity index (χ3v) is 2.96. The van der Waals surface area contributed by atoms with E-state index < -0.39 is 0 Å². The molecular formula is C10H20N2O. The number of hydrogen-bond donors (Lipinski definition) is 1. The average Bonchev–Trinajstić information content (AvgIpc) is 2.27. The van der Waals surface area contributed by atoms with Crippen LogP contribution in [0.5, 0.6) is 0 Å². The molecule has 0 aromatic rings. The predicted octanol–water partition coefficient (Wildman–Crippen LogP) is 0.982. The molecule has 1 heterocycles. The lowest BCUT2D eigenvalue weighted by Crippen LogP contribution is -2.31. The van der Waals surface area contributed by atoms with Crippen LogP contribution in [-0.4, -0.2) is 29.9 Å². The van der Waals surface area contributed by atoms with Crippen LogP contribution in [0.1, 0.15) is 33.1 Å². The van der Waals surface area contributed by atoms with Crippen molar-refractivity contribution in [3.8, 4) is 0 Å². The molecule has 1 fully saturated rings. The van der Waals surface area contributed by atoms with Crippen molar-refractivity contribution in [2.24, 2.45) is 11.7 Å². The van der Waals surface area contributed by atoms with Crippen LogP contribution in [-0.2, 0) is 4.79 Å². The van der Waals surface area contributed by atoms with Crippen LogP contribution in [0.3, 0.4) is 0 Å². The van der Waals surface area contributed by atoms with Gasteiger partial charge in [-0.15, -0.1) is 0 Å². The molecule has 1 aliphatic heterocycles. The summed E-state index contributed by atoms with van der Waals surface area (Å²) in [7, 11) is 0. The summed E-state index contributed by atoms with van der Waals surface area (Å²) in [6, 6.07) is 0.270. The average molecular weight is 184 g/mol. The van der Waals surface area contributed by atoms with Crippen LogP contribution in [0, 0.1) is 5.92 Å². The van der Waals surface area contributed by atoms with Crippen LogP contribution in [0.2, 0.25) is 0 Å². The molecule has 2 N–H and O–H groups in total. The first-order valence-electron chi connectivity index (χ1n) is 5.12. The SMILES string of the molecule is CC(=O)N1CCCC(C(C)N)CC1. The van der Waals surface area contributed by atoms with Crippen molar-refractivity contribution in [3.05, 3.63) is 0 Å². The van der Waals surface area contributed by atoms with Gasteiger partial charge in [-0.1, -0.05) is 0 Å². The van der Waals surface area contributed by atoms with Gasteiger partial charge in [0.05, 0.1) is 0 Å². The van der Waals surface area contributed by atoms with E-state index in [4.69, 9.17) is 5.73 Å². The van der Waals surface area contributed by atoms with Gasteiger partial charge in [-0.25, -0.2) is 0 Å². The van der Waals surface area contributed by atoms with Crippen molar-refractivity contribution in [2.45, 2.75) is 39.2 Å². The molecule has 2 atom stereocenters. The maximum atomic E-state index is 11.1. The molecule has 1 aliphatic rings. The van der Waals surface area contributed by atoms with Crippen molar-refractivity contribution < 1.29 is 4.79 Å². The molecule has 1 rings (SSSR count). The van der Waals surface area contributed by atoms with Crippen molar-refractivity contribution in [3.63, 3.8) is 0 Å². The maximum absolute atomic E-state index is 11.1. The minimum atomic E-state index is 0.199. The van der Waals surface area contributed by atoms with E-state index in [9.17, 15) is 4.79 Å². The van der Waals surface area contributed by atoms with E-state index in [0.717, 1.165) is 25.9 Å². The lowest BCUT2D eigenvalue weighted by atomic mass is 9.94. The molecular weight excluding hydrogens is 164 g/mol. The lowest BCUT2D eigenvalue weighted by molar-refractivity contribution is -0.128. The molecule has 0 aromatic heterocycles. The highest BCUT2D eigenvalue weighted by atomic mass is 16.2. The van der Waals surface area contributed by atoms with Gasteiger partial charge in [-0.05, 0) is 32.1 Å². The zero-order valence-electron chi connectivity index (χ0n) is 8.62. The third kappa shape index (κ3) is 2.99. The second kappa shape index (κ2) is 4.61. The van der Waals surface area contributed by atoms with E-state index in [-0.39, 0.29) is 11.9 Å². The molecule has 0 aliphatic carbocycles. The molecule has 0 spiro atoms. The topological polar surface area (TPSA) is 46.3 Å². The molecule has 0 saturated carbocycles. The molecule has 3 heteroatoms. The second-order valence-corrected chi connectivity index (χ2v) is 4.06. The summed E-state index contributed by atoms with van der Waals surface area (Å²) in [5, 5.41) is 0. The van der Waals surface area contributed by atoms with Gasteiger partial charge in [0.15, 0.2) is 0 Å². The summed E-state index contributed by atoms with van der Waals surface area (Å²) in [5.74, 6) is 0.801. The smallest absolute Gasteiger partial charge is 0.219 e. The number of amides is 1. The van der Waals surface area contributed by atoms with Crippen LogP contribution >= 0.6 is 0 Å². The molecule has 0 bridgehead atoms. The van der Waals surface area contributed by atoms with Gasteiger partial charge in [0, 0.05) is 26.1 Å². The number of carbonyl (C=O) groups is 1. The first-order chi connectivity index (χ1) is 6.11. The van der Waals surface area contributed by atoms with Crippen molar-refractivity contribution >= 4 is 5.91 Å². The molecule has 1 saturated heterocycles. The number of nitrogens with zero attached hydrogens (tertiary/aromatic N) is 1. The monoisotopic (exact) mass is 184 g/mol. The minimum Gasteiger partial charge on any atom is -0.343 e. The Morgan fingerprint density at radius 2 is 2.15 bits per heavy atom. The maximum Gasteiger partial charge on any atom is 0.219 e. The Morgan fingerprint density at radius 3 is 2.69 bits per heavy atom. The van der Waals surface area contributed by atoms with Gasteiger partial charge < -0.3 is 10.6 Å². The van der Waals surface area contributed by atoms with E-state index in [2.05, 4.69) is 6.92 Å². The number of likely N-dealkylation sites (tertiary alicyclic amines) is 1. The summed E-state index contributed by atoms with van der Waals surface area (Å²) < 4.78 is 0. The fraction of sp³-hybridized carbons (Fsp3) is 0.900. The van der Waals surface area contributed by atoms with Gasteiger partial charge in [0.25, 0.3) is 0 Å². The molecule has 0 radical (unpaired) electrons. The van der Waals surface area contributed by atoms with E-state index >= 15 is 0 Å². The Hall–Kier alpha value is -0.570. The molecule has 13 heavy (non-hydrogen) atoms. The van der Waals surface area contributed by atoms with Crippen molar-refractivity contribution in [2.75, 3.05) is 13.1 Å². The largest absolute Gasteiger partial charge is 0.343 e. The molecule has 1 amide bonds. The van der Waals surface area contributed by atoms with Gasteiger partial charge in [-0.2, -0.15) is 0 Å². The highest BCUT2D eigenvalue weighted by Crippen LogP contribution is 2.19. The number of carbonyl (C=O) groups excluding carboxylic acids is 1. The number of hydrogen-bond acceptors (Lipinski definition) is 2. The molecule has 2 unspecified atom stereocenters. The normalized spacial score (nSPS) is 26.7. The van der Waals surface area contributed by atoms with Crippen LogP contribution < -0.4 is 5.73 Å². The Kier molecular flexibility index (Phi) is 3.72. The van der Waals surface area contributed by atoms with Gasteiger partial charge in [0.1, 0.15) is 0 Å². The van der Waals surface area contributed by atoms with E-state index in [1.165, 1.54) is 6.42 Å². The van der Waals surface area contributed by atoms with Crippen molar-refractivity contribution in [1.82, 2.24) is 4.90 Å². The van der Waals surface area contributed by atoms with Crippen LogP contribution in [0.15, 0.2) is 0 Å². The molecule has 3 nitrogen and oxygen atoms in total. The summed E-state index contributed by atoms with van der Waals surface area (Å²) in [4.78, 5) is 13.1. The summed E-state index contributed by atoms with van der Waals surface area (Å²) in [6.45, 7) is 5.51. The third-order valence-electron chi connectivity index (χ3n) is 2.96. The fourth-order valence-corrected chi connectivity index (χ4v) is 1.96. The van der Waals surface area contributed by atoms with Gasteiger partial charge in [0.2, 0.25) is 5.91 Å². The Balaban J connectivity index is 2.44. The van der Waals surface area contributed by atoms with E-state index in [0.29, 0.717) is 5.92 Å². The first-order valence-corrected chi connectivity index (χ1v) is 5.12. The van der Waals surface area contributed by atoms with E-state index in [1.807, 2.05) is 4.90 Å². The summed E-state index contributed by atoms with van der Waals surface area (Å²) in [5.41, 5.74) is 5.85. The summed E-state index contributed by atoms with van der Waals surface area (Å²) in [6.07, 6.45) is 3.34. The van der Waals surface area contributed by atoms with Crippen molar-refractivity contribution in [1.29, 1.82) is 0 Å². The highest BCUT2D eigenvalue weighted by Gasteiger charge is 2.20. The predicted molar refractivity (Wildman–Crippen MR) is 53.2 cm³/mol. The number of rotatable bonds is 1. The molecule has 76 valence electrons. The zero-order chi connectivity index (χ0) is 9.84. The Morgan fingerprint density at radius 1 is 1.46 bits per heavy atom. The number of nitrogens with two attached hydrogens (primary N) is 1. The van der Waals surface area contributed by atoms with E-state index in [1.54, 1.807) is 6.92 Å². The fourth-order valence-electron chi connectivity index (χ4n) is 1.96. The van der Waals surface area contributed by atoms with Gasteiger partial charge >= 0.3 is 0 Å². The standard InChI is InChI=1S/C10H20N2O/c1-8(11)10-4-3-6-12(7-5-10)9(2)13/h8,10H,3-7,11H2,1-2H3. The van der Waals surface area contributed by atoms with Crippen LogP contribution in [0.4, 0.5) is 0 Å². The second-order valence-electron chi connectivity index (χ2n) is 4.06. The quantitative estimate of drug-likeness (QED) is 0.660. The highest BCUT2D eigenvalue weighted by molar-refractivity contribution is 5.73. The molecule has 0 aromatic carbocycles. The Bertz CT molecular complexity index is 180. The Labute approximate surface area is 80.3 Å².